The number of hydrogen-bond donors (Lipinski definition) is 1. The van der Waals surface area contributed by atoms with E-state index < -0.39 is 0 Å². The average molecular weight is 245 g/mol. The van der Waals surface area contributed by atoms with Crippen molar-refractivity contribution >= 4 is 11.3 Å². The van der Waals surface area contributed by atoms with Crippen molar-refractivity contribution in [3.8, 4) is 10.7 Å². The summed E-state index contributed by atoms with van der Waals surface area (Å²) in [4.78, 5) is 10.5. The first kappa shape index (κ1) is 10.9. The molecule has 4 heteroatoms. The van der Waals surface area contributed by atoms with E-state index in [1.54, 1.807) is 11.3 Å². The van der Waals surface area contributed by atoms with E-state index in [4.69, 9.17) is 4.98 Å². The Morgan fingerprint density at radius 1 is 1.41 bits per heavy atom. The maximum atomic E-state index is 4.72. The fourth-order valence-corrected chi connectivity index (χ4v) is 3.38. The molecule has 1 aliphatic carbocycles. The Morgan fingerprint density at radius 3 is 3.12 bits per heavy atom. The van der Waals surface area contributed by atoms with Crippen molar-refractivity contribution < 1.29 is 0 Å². The third kappa shape index (κ3) is 2.10. The minimum atomic E-state index is 0.611. The van der Waals surface area contributed by atoms with Gasteiger partial charge in [-0.1, -0.05) is 6.07 Å². The number of likely N-dealkylation sites (N-methyl/N-ethyl adjacent to an activating group) is 1. The second kappa shape index (κ2) is 4.55. The lowest BCUT2D eigenvalue weighted by Crippen LogP contribution is -2.30. The van der Waals surface area contributed by atoms with E-state index in [-0.39, 0.29) is 0 Å². The molecule has 3 nitrogen and oxygen atoms in total. The third-order valence-corrected chi connectivity index (χ3v) is 4.37. The lowest BCUT2D eigenvalue weighted by molar-refractivity contribution is 0.497. The second-order valence-electron chi connectivity index (χ2n) is 4.33. The number of thiazole rings is 1. The summed E-state index contributed by atoms with van der Waals surface area (Å²) < 4.78 is 0. The van der Waals surface area contributed by atoms with E-state index in [2.05, 4.69) is 10.3 Å². The fourth-order valence-electron chi connectivity index (χ4n) is 2.22. The average Bonchev–Trinajstić information content (AvgIpc) is 2.82. The summed E-state index contributed by atoms with van der Waals surface area (Å²) in [7, 11) is 2.04. The molecule has 0 spiro atoms. The van der Waals surface area contributed by atoms with Crippen LogP contribution in [-0.2, 0) is 12.8 Å². The predicted molar refractivity (Wildman–Crippen MR) is 70.2 cm³/mol. The molecule has 2 heterocycles. The number of nitrogens with one attached hydrogen (secondary N) is 1. The van der Waals surface area contributed by atoms with Gasteiger partial charge in [0, 0.05) is 17.1 Å². The number of nitrogens with zero attached hydrogens (tertiary/aromatic N) is 2. The zero-order valence-electron chi connectivity index (χ0n) is 9.81. The maximum absolute atomic E-state index is 4.72. The Labute approximate surface area is 105 Å². The molecule has 17 heavy (non-hydrogen) atoms. The molecule has 1 aliphatic rings. The van der Waals surface area contributed by atoms with Crippen molar-refractivity contribution in [2.24, 2.45) is 0 Å². The van der Waals surface area contributed by atoms with E-state index in [1.807, 2.05) is 31.4 Å². The smallest absolute Gasteiger partial charge is 0.142 e. The van der Waals surface area contributed by atoms with Crippen molar-refractivity contribution in [3.63, 3.8) is 0 Å². The predicted octanol–water partition coefficient (Wildman–Crippen LogP) is 2.28. The fraction of sp³-hybridized carbons (Fsp3) is 0.385. The minimum Gasteiger partial charge on any atom is -0.317 e. The molecule has 1 atom stereocenters. The third-order valence-electron chi connectivity index (χ3n) is 3.23. The van der Waals surface area contributed by atoms with Gasteiger partial charge >= 0.3 is 0 Å². The first-order chi connectivity index (χ1) is 8.36. The molecular weight excluding hydrogens is 230 g/mol. The van der Waals surface area contributed by atoms with Gasteiger partial charge in [0.25, 0.3) is 0 Å². The van der Waals surface area contributed by atoms with Gasteiger partial charge in [-0.05, 0) is 38.4 Å². The van der Waals surface area contributed by atoms with E-state index in [1.165, 1.54) is 17.0 Å². The highest BCUT2D eigenvalue weighted by Gasteiger charge is 2.21. The van der Waals surface area contributed by atoms with Crippen LogP contribution in [0.4, 0.5) is 0 Å². The topological polar surface area (TPSA) is 37.8 Å². The molecule has 88 valence electrons. The largest absolute Gasteiger partial charge is 0.317 e. The highest BCUT2D eigenvalue weighted by Crippen LogP contribution is 2.31. The molecule has 2 aromatic heterocycles. The molecule has 2 aromatic rings. The maximum Gasteiger partial charge on any atom is 0.142 e. The Balaban J connectivity index is 1.93. The molecule has 1 unspecified atom stereocenters. The van der Waals surface area contributed by atoms with Crippen LogP contribution in [0.5, 0.6) is 0 Å². The van der Waals surface area contributed by atoms with Gasteiger partial charge in [-0.3, -0.25) is 4.98 Å². The van der Waals surface area contributed by atoms with Gasteiger partial charge in [0.15, 0.2) is 0 Å². The van der Waals surface area contributed by atoms with Crippen LogP contribution >= 0.6 is 11.3 Å². The Bertz CT molecular complexity index is 507. The molecule has 0 bridgehead atoms. The van der Waals surface area contributed by atoms with Crippen LogP contribution in [0.1, 0.15) is 17.0 Å². The summed E-state index contributed by atoms with van der Waals surface area (Å²) in [5.41, 5.74) is 2.27. The second-order valence-corrected chi connectivity index (χ2v) is 5.42. The molecule has 0 amide bonds. The lowest BCUT2D eigenvalue weighted by Gasteiger charge is -2.19. The Kier molecular flexibility index (Phi) is 2.91. The van der Waals surface area contributed by atoms with Gasteiger partial charge in [-0.2, -0.15) is 0 Å². The van der Waals surface area contributed by atoms with Gasteiger partial charge in [0.2, 0.25) is 0 Å². The standard InChI is InChI=1S/C13H15N3S/c1-14-9-5-6-10-12(8-9)17-13(16-10)11-4-2-3-7-15-11/h2-4,7,9,14H,5-6,8H2,1H3. The van der Waals surface area contributed by atoms with Crippen molar-refractivity contribution in [1.82, 2.24) is 15.3 Å². The van der Waals surface area contributed by atoms with E-state index in [0.29, 0.717) is 6.04 Å². The highest BCUT2D eigenvalue weighted by atomic mass is 32.1. The normalized spacial score (nSPS) is 19.0. The van der Waals surface area contributed by atoms with E-state index in [9.17, 15) is 0 Å². The van der Waals surface area contributed by atoms with Gasteiger partial charge < -0.3 is 5.32 Å². The van der Waals surface area contributed by atoms with E-state index in [0.717, 1.165) is 23.5 Å². The highest BCUT2D eigenvalue weighted by molar-refractivity contribution is 7.15. The summed E-state index contributed by atoms with van der Waals surface area (Å²) in [6, 6.07) is 6.59. The number of aryl methyl sites for hydroxylation is 1. The first-order valence-corrected chi connectivity index (χ1v) is 6.75. The van der Waals surface area contributed by atoms with Crippen molar-refractivity contribution in [2.45, 2.75) is 25.3 Å². The Morgan fingerprint density at radius 2 is 2.35 bits per heavy atom. The summed E-state index contributed by atoms with van der Waals surface area (Å²) >= 11 is 1.79. The molecule has 0 fully saturated rings. The van der Waals surface area contributed by atoms with Crippen LogP contribution in [-0.4, -0.2) is 23.1 Å². The molecule has 3 rings (SSSR count). The van der Waals surface area contributed by atoms with Gasteiger partial charge in [-0.15, -0.1) is 11.3 Å². The molecule has 0 aromatic carbocycles. The number of aromatic nitrogens is 2. The van der Waals surface area contributed by atoms with E-state index >= 15 is 0 Å². The summed E-state index contributed by atoms with van der Waals surface area (Å²) in [5.74, 6) is 0. The van der Waals surface area contributed by atoms with Gasteiger partial charge in [0.1, 0.15) is 5.01 Å². The van der Waals surface area contributed by atoms with Crippen LogP contribution in [0, 0.1) is 0 Å². The summed E-state index contributed by atoms with van der Waals surface area (Å²) in [6.45, 7) is 0. The number of hydrogen-bond acceptors (Lipinski definition) is 4. The quantitative estimate of drug-likeness (QED) is 0.882. The number of pyridine rings is 1. The molecular formula is C13H15N3S. The molecule has 0 saturated heterocycles. The molecule has 0 aliphatic heterocycles. The van der Waals surface area contributed by atoms with Crippen molar-refractivity contribution in [1.29, 1.82) is 0 Å². The zero-order valence-corrected chi connectivity index (χ0v) is 10.6. The lowest BCUT2D eigenvalue weighted by atomic mass is 9.98. The van der Waals surface area contributed by atoms with Crippen LogP contribution in [0.3, 0.4) is 0 Å². The van der Waals surface area contributed by atoms with Crippen LogP contribution in [0.25, 0.3) is 10.7 Å². The van der Waals surface area contributed by atoms with Crippen LogP contribution in [0.15, 0.2) is 24.4 Å². The number of fused-ring (bicyclic) bond motifs is 1. The first-order valence-electron chi connectivity index (χ1n) is 5.94. The summed E-state index contributed by atoms with van der Waals surface area (Å²) in [6.07, 6.45) is 5.21. The van der Waals surface area contributed by atoms with Crippen molar-refractivity contribution in [2.75, 3.05) is 7.05 Å². The van der Waals surface area contributed by atoms with Crippen LogP contribution < -0.4 is 5.32 Å². The minimum absolute atomic E-state index is 0.611. The van der Waals surface area contributed by atoms with Gasteiger partial charge in [0.05, 0.1) is 11.4 Å². The number of rotatable bonds is 2. The molecule has 0 radical (unpaired) electrons. The van der Waals surface area contributed by atoms with Crippen molar-refractivity contribution in [3.05, 3.63) is 35.0 Å². The van der Waals surface area contributed by atoms with Gasteiger partial charge in [-0.25, -0.2) is 4.98 Å². The molecule has 1 N–H and O–H groups in total. The Hall–Kier alpha value is -1.26. The molecule has 0 saturated carbocycles. The SMILES string of the molecule is CNC1CCc2nc(-c3ccccn3)sc2C1. The van der Waals surface area contributed by atoms with Crippen LogP contribution in [0.2, 0.25) is 0 Å². The zero-order chi connectivity index (χ0) is 11.7. The monoisotopic (exact) mass is 245 g/mol. The summed E-state index contributed by atoms with van der Waals surface area (Å²) in [5, 5.41) is 4.42.